The fraction of sp³-hybridized carbons (Fsp3) is 0.667. The van der Waals surface area contributed by atoms with Gasteiger partial charge >= 0.3 is 0 Å². The lowest BCUT2D eigenvalue weighted by atomic mass is 10.2. The number of piperidine rings is 1. The van der Waals surface area contributed by atoms with E-state index in [9.17, 15) is 8.42 Å². The van der Waals surface area contributed by atoms with Crippen LogP contribution in [0.5, 0.6) is 0 Å². The number of sulfonamides is 1. The number of halogens is 1. The third-order valence-electron chi connectivity index (χ3n) is 3.15. The summed E-state index contributed by atoms with van der Waals surface area (Å²) >= 11 is 3.18. The Labute approximate surface area is 128 Å². The molecule has 2 rings (SSSR count). The largest absolute Gasteiger partial charge is 0.452 e. The van der Waals surface area contributed by atoms with Crippen molar-refractivity contribution in [2.45, 2.75) is 37.6 Å². The van der Waals surface area contributed by atoms with Gasteiger partial charge in [0.15, 0.2) is 4.67 Å². The molecular formula is C12H20BrN3O3S. The van der Waals surface area contributed by atoms with E-state index in [-0.39, 0.29) is 9.56 Å². The Morgan fingerprint density at radius 1 is 1.35 bits per heavy atom. The smallest absolute Gasteiger partial charge is 0.257 e. The third kappa shape index (κ3) is 4.05. The van der Waals surface area contributed by atoms with Crippen LogP contribution in [0.15, 0.2) is 20.0 Å². The summed E-state index contributed by atoms with van der Waals surface area (Å²) < 4.78 is 30.3. The lowest BCUT2D eigenvalue weighted by molar-refractivity contribution is 0.200. The Bertz CT molecular complexity index is 538. The molecule has 0 amide bonds. The van der Waals surface area contributed by atoms with Crippen molar-refractivity contribution in [3.63, 3.8) is 0 Å². The lowest BCUT2D eigenvalue weighted by Crippen LogP contribution is -2.44. The van der Waals surface area contributed by atoms with E-state index >= 15 is 0 Å². The molecule has 1 saturated heterocycles. The van der Waals surface area contributed by atoms with Gasteiger partial charge in [-0.25, -0.2) is 13.4 Å². The van der Waals surface area contributed by atoms with Gasteiger partial charge in [-0.15, -0.1) is 4.83 Å². The molecule has 0 bridgehead atoms. The number of nitrogens with zero attached hydrogens (tertiary/aromatic N) is 1. The molecule has 0 radical (unpaired) electrons. The standard InChI is InChI=1S/C12H20BrN3O3S/c1-2-14-9-10-8-11(12(13)19-10)20(17,18)15-16-6-4-3-5-7-16/h8,14-15H,2-7,9H2,1H3. The van der Waals surface area contributed by atoms with E-state index in [1.54, 1.807) is 11.1 Å². The molecule has 2 heterocycles. The minimum Gasteiger partial charge on any atom is -0.452 e. The number of furan rings is 1. The summed E-state index contributed by atoms with van der Waals surface area (Å²) in [6.45, 7) is 4.78. The zero-order valence-corrected chi connectivity index (χ0v) is 13.9. The van der Waals surface area contributed by atoms with Crippen LogP contribution in [0, 0.1) is 0 Å². The minimum atomic E-state index is -3.59. The van der Waals surface area contributed by atoms with Crippen molar-refractivity contribution in [1.29, 1.82) is 0 Å². The monoisotopic (exact) mass is 365 g/mol. The topological polar surface area (TPSA) is 74.6 Å². The Balaban J connectivity index is 2.09. The number of hydrazine groups is 1. The average molecular weight is 366 g/mol. The van der Waals surface area contributed by atoms with Crippen LogP contribution in [0.25, 0.3) is 0 Å². The van der Waals surface area contributed by atoms with E-state index in [2.05, 4.69) is 26.1 Å². The quantitative estimate of drug-likeness (QED) is 0.804. The first kappa shape index (κ1) is 16.0. The predicted octanol–water partition coefficient (Wildman–Crippen LogP) is 1.83. The van der Waals surface area contributed by atoms with Gasteiger partial charge in [-0.1, -0.05) is 13.3 Å². The number of rotatable bonds is 6. The molecule has 0 aromatic carbocycles. The van der Waals surface area contributed by atoms with Crippen molar-refractivity contribution in [1.82, 2.24) is 15.2 Å². The molecule has 0 saturated carbocycles. The molecule has 1 fully saturated rings. The third-order valence-corrected chi connectivity index (χ3v) is 5.38. The van der Waals surface area contributed by atoms with Gasteiger partial charge in [-0.3, -0.25) is 0 Å². The van der Waals surface area contributed by atoms with Gasteiger partial charge < -0.3 is 9.73 Å². The van der Waals surface area contributed by atoms with E-state index in [0.29, 0.717) is 12.3 Å². The summed E-state index contributed by atoms with van der Waals surface area (Å²) in [6, 6.07) is 1.55. The van der Waals surface area contributed by atoms with Crippen LogP contribution < -0.4 is 10.1 Å². The van der Waals surface area contributed by atoms with Crippen LogP contribution in [0.3, 0.4) is 0 Å². The minimum absolute atomic E-state index is 0.149. The molecular weight excluding hydrogens is 346 g/mol. The summed E-state index contributed by atoms with van der Waals surface area (Å²) in [4.78, 5) is 2.77. The first-order chi connectivity index (χ1) is 9.53. The zero-order chi connectivity index (χ0) is 14.6. The van der Waals surface area contributed by atoms with Crippen LogP contribution >= 0.6 is 15.9 Å². The highest BCUT2D eigenvalue weighted by Crippen LogP contribution is 2.26. The van der Waals surface area contributed by atoms with E-state index in [1.165, 1.54) is 0 Å². The fourth-order valence-electron chi connectivity index (χ4n) is 2.12. The van der Waals surface area contributed by atoms with Crippen LogP contribution in [0.1, 0.15) is 31.9 Å². The van der Waals surface area contributed by atoms with Gasteiger partial charge in [-0.2, -0.15) is 0 Å². The van der Waals surface area contributed by atoms with Gasteiger partial charge in [0.2, 0.25) is 0 Å². The van der Waals surface area contributed by atoms with Crippen molar-refractivity contribution in [2.24, 2.45) is 0 Å². The van der Waals surface area contributed by atoms with E-state index in [0.717, 1.165) is 38.9 Å². The first-order valence-corrected chi connectivity index (χ1v) is 9.07. The molecule has 1 aromatic heterocycles. The molecule has 0 unspecified atom stereocenters. The predicted molar refractivity (Wildman–Crippen MR) is 79.5 cm³/mol. The molecule has 1 aliphatic heterocycles. The maximum Gasteiger partial charge on any atom is 0.257 e. The Morgan fingerprint density at radius 2 is 2.05 bits per heavy atom. The van der Waals surface area contributed by atoms with Crippen LogP contribution in [-0.2, 0) is 16.6 Å². The molecule has 20 heavy (non-hydrogen) atoms. The van der Waals surface area contributed by atoms with E-state index in [1.807, 2.05) is 6.92 Å². The second-order valence-corrected chi connectivity index (χ2v) is 7.12. The normalized spacial score (nSPS) is 17.5. The average Bonchev–Trinajstić information content (AvgIpc) is 2.79. The maximum absolute atomic E-state index is 12.3. The number of nitrogens with one attached hydrogen (secondary N) is 2. The van der Waals surface area contributed by atoms with Crippen molar-refractivity contribution < 1.29 is 12.8 Å². The summed E-state index contributed by atoms with van der Waals surface area (Å²) in [5, 5.41) is 4.85. The summed E-state index contributed by atoms with van der Waals surface area (Å²) in [5.41, 5.74) is 0. The molecule has 114 valence electrons. The zero-order valence-electron chi connectivity index (χ0n) is 11.5. The van der Waals surface area contributed by atoms with Crippen LogP contribution in [-0.4, -0.2) is 33.1 Å². The van der Waals surface area contributed by atoms with Gasteiger partial charge in [-0.05, 0) is 35.3 Å². The van der Waals surface area contributed by atoms with Gasteiger partial charge in [0.25, 0.3) is 10.0 Å². The Kier molecular flexibility index (Phi) is 5.62. The summed E-state index contributed by atoms with van der Waals surface area (Å²) in [6.07, 6.45) is 3.18. The van der Waals surface area contributed by atoms with E-state index in [4.69, 9.17) is 4.42 Å². The number of hydrogen-bond acceptors (Lipinski definition) is 5. The second kappa shape index (κ2) is 7.04. The SMILES string of the molecule is CCNCc1cc(S(=O)(=O)NN2CCCCC2)c(Br)o1. The fourth-order valence-corrected chi connectivity index (χ4v) is 4.24. The molecule has 1 aromatic rings. The molecule has 0 spiro atoms. The highest BCUT2D eigenvalue weighted by Gasteiger charge is 2.25. The maximum atomic E-state index is 12.3. The summed E-state index contributed by atoms with van der Waals surface area (Å²) in [7, 11) is -3.59. The highest BCUT2D eigenvalue weighted by molar-refractivity contribution is 9.10. The van der Waals surface area contributed by atoms with Gasteiger partial charge in [0.05, 0.1) is 6.54 Å². The molecule has 1 aliphatic rings. The molecule has 6 nitrogen and oxygen atoms in total. The molecule has 2 N–H and O–H groups in total. The van der Waals surface area contributed by atoms with Gasteiger partial charge in [0, 0.05) is 19.2 Å². The number of hydrogen-bond donors (Lipinski definition) is 2. The van der Waals surface area contributed by atoms with Crippen molar-refractivity contribution in [3.05, 3.63) is 16.5 Å². The summed E-state index contributed by atoms with van der Waals surface area (Å²) in [5.74, 6) is 0.595. The highest BCUT2D eigenvalue weighted by atomic mass is 79.9. The molecule has 0 atom stereocenters. The Hall–Kier alpha value is -0.410. The molecule has 0 aliphatic carbocycles. The van der Waals surface area contributed by atoms with Crippen molar-refractivity contribution >= 4 is 26.0 Å². The van der Waals surface area contributed by atoms with Crippen molar-refractivity contribution in [2.75, 3.05) is 19.6 Å². The second-order valence-electron chi connectivity index (χ2n) is 4.77. The van der Waals surface area contributed by atoms with Gasteiger partial charge in [0.1, 0.15) is 10.7 Å². The first-order valence-electron chi connectivity index (χ1n) is 6.79. The van der Waals surface area contributed by atoms with E-state index < -0.39 is 10.0 Å². The molecule has 8 heteroatoms. The lowest BCUT2D eigenvalue weighted by Gasteiger charge is -2.26. The van der Waals surface area contributed by atoms with Crippen LogP contribution in [0.2, 0.25) is 0 Å². The van der Waals surface area contributed by atoms with Crippen LogP contribution in [0.4, 0.5) is 0 Å². The van der Waals surface area contributed by atoms with Crippen molar-refractivity contribution in [3.8, 4) is 0 Å². The Morgan fingerprint density at radius 3 is 2.70 bits per heavy atom.